The van der Waals surface area contributed by atoms with Crippen molar-refractivity contribution < 1.29 is 0 Å². The second kappa shape index (κ2) is 6.40. The first-order chi connectivity index (χ1) is 17.2. The van der Waals surface area contributed by atoms with E-state index in [1.54, 1.807) is 0 Å². The molecular weight excluding hydrogens is 426 g/mol. The minimum atomic E-state index is 0.697. The lowest BCUT2D eigenvalue weighted by Crippen LogP contribution is -1.93. The van der Waals surface area contributed by atoms with Crippen molar-refractivity contribution >= 4 is 59.9 Å². The maximum absolute atomic E-state index is 9.83. The van der Waals surface area contributed by atoms with Crippen LogP contribution in [0.25, 0.3) is 65.6 Å². The maximum Gasteiger partial charge on any atom is 0.0992 e. The number of nitriles is 1. The number of fused-ring (bicyclic) bond motifs is 9. The largest absolute Gasteiger partial charge is 0.309 e. The SMILES string of the molecule is Cc1ccc2c(c1)c1cc(C#N)cc3c4cc(-n5c6ccccc6c6ccccc65)ccc4n2c13. The van der Waals surface area contributed by atoms with Crippen molar-refractivity contribution in [2.24, 2.45) is 0 Å². The first kappa shape index (κ1) is 18.6. The molecule has 0 bridgehead atoms. The number of benzene rings is 5. The highest BCUT2D eigenvalue weighted by atomic mass is 15.0. The van der Waals surface area contributed by atoms with Crippen LogP contribution in [0.1, 0.15) is 11.1 Å². The molecule has 8 rings (SSSR count). The number of rotatable bonds is 1. The molecule has 3 heteroatoms. The van der Waals surface area contributed by atoms with Crippen molar-refractivity contribution in [1.82, 2.24) is 8.97 Å². The van der Waals surface area contributed by atoms with Gasteiger partial charge in [-0.1, -0.05) is 48.0 Å². The Kier molecular flexibility index (Phi) is 3.40. The quantitative estimate of drug-likeness (QED) is 0.251. The van der Waals surface area contributed by atoms with Crippen LogP contribution < -0.4 is 0 Å². The summed E-state index contributed by atoms with van der Waals surface area (Å²) in [5.74, 6) is 0. The zero-order valence-electron chi connectivity index (χ0n) is 19.1. The molecule has 162 valence electrons. The fourth-order valence-electron chi connectivity index (χ4n) is 6.06. The summed E-state index contributed by atoms with van der Waals surface area (Å²) in [6.45, 7) is 2.12. The normalized spacial score (nSPS) is 12.1. The van der Waals surface area contributed by atoms with Gasteiger partial charge in [0, 0.05) is 38.0 Å². The van der Waals surface area contributed by atoms with Crippen LogP contribution in [-0.2, 0) is 0 Å². The Hall–Kier alpha value is -4.81. The van der Waals surface area contributed by atoms with Gasteiger partial charge >= 0.3 is 0 Å². The molecule has 8 aromatic rings. The Morgan fingerprint density at radius 2 is 1.17 bits per heavy atom. The van der Waals surface area contributed by atoms with Gasteiger partial charge < -0.3 is 8.97 Å². The first-order valence-electron chi connectivity index (χ1n) is 11.9. The standard InChI is InChI=1S/C32H19N3/c1-19-10-12-30-24(14-19)26-15-20(18-33)16-27-25-17-21(11-13-31(25)35(30)32(26)27)34-28-8-4-2-6-22(28)23-7-3-5-9-29(23)34/h2-17H,1H3. The third-order valence-corrected chi connectivity index (χ3v) is 7.50. The third-order valence-electron chi connectivity index (χ3n) is 7.50. The highest BCUT2D eigenvalue weighted by molar-refractivity contribution is 6.24. The predicted molar refractivity (Wildman–Crippen MR) is 145 cm³/mol. The summed E-state index contributed by atoms with van der Waals surface area (Å²) in [5.41, 5.74) is 8.99. The topological polar surface area (TPSA) is 33.1 Å². The predicted octanol–water partition coefficient (Wildman–Crippen LogP) is 8.11. The van der Waals surface area contributed by atoms with E-state index in [1.807, 2.05) is 12.1 Å². The number of hydrogen-bond acceptors (Lipinski definition) is 1. The van der Waals surface area contributed by atoms with Gasteiger partial charge in [-0.05, 0) is 61.5 Å². The minimum Gasteiger partial charge on any atom is -0.309 e. The lowest BCUT2D eigenvalue weighted by atomic mass is 10.0. The van der Waals surface area contributed by atoms with Crippen molar-refractivity contribution in [3.05, 3.63) is 108 Å². The second-order valence-electron chi connectivity index (χ2n) is 9.46. The molecule has 0 aliphatic heterocycles. The van der Waals surface area contributed by atoms with Crippen LogP contribution in [0.15, 0.2) is 97.1 Å². The van der Waals surface area contributed by atoms with Gasteiger partial charge in [-0.3, -0.25) is 0 Å². The summed E-state index contributed by atoms with van der Waals surface area (Å²) in [7, 11) is 0. The molecule has 0 unspecified atom stereocenters. The van der Waals surface area contributed by atoms with E-state index >= 15 is 0 Å². The number of hydrogen-bond donors (Lipinski definition) is 0. The monoisotopic (exact) mass is 445 g/mol. The number of aryl methyl sites for hydroxylation is 1. The van der Waals surface area contributed by atoms with Gasteiger partial charge in [0.2, 0.25) is 0 Å². The van der Waals surface area contributed by atoms with Crippen LogP contribution in [0.3, 0.4) is 0 Å². The van der Waals surface area contributed by atoms with Crippen LogP contribution >= 0.6 is 0 Å². The van der Waals surface area contributed by atoms with Gasteiger partial charge in [0.1, 0.15) is 0 Å². The molecule has 3 heterocycles. The molecule has 0 saturated heterocycles. The maximum atomic E-state index is 9.83. The zero-order valence-corrected chi connectivity index (χ0v) is 19.1. The fourth-order valence-corrected chi connectivity index (χ4v) is 6.06. The van der Waals surface area contributed by atoms with Crippen LogP contribution in [-0.4, -0.2) is 8.97 Å². The molecule has 3 aromatic heterocycles. The molecule has 0 aliphatic carbocycles. The van der Waals surface area contributed by atoms with E-state index in [9.17, 15) is 5.26 Å². The average molecular weight is 446 g/mol. The van der Waals surface area contributed by atoms with E-state index in [1.165, 1.54) is 54.7 Å². The molecule has 5 aromatic carbocycles. The van der Waals surface area contributed by atoms with E-state index in [-0.39, 0.29) is 0 Å². The van der Waals surface area contributed by atoms with Crippen molar-refractivity contribution in [3.63, 3.8) is 0 Å². The summed E-state index contributed by atoms with van der Waals surface area (Å²) < 4.78 is 4.72. The Balaban J connectivity index is 1.55. The molecule has 3 nitrogen and oxygen atoms in total. The van der Waals surface area contributed by atoms with Crippen molar-refractivity contribution in [1.29, 1.82) is 5.26 Å². The summed E-state index contributed by atoms with van der Waals surface area (Å²) in [5, 5.41) is 17.0. The number of nitrogens with zero attached hydrogens (tertiary/aromatic N) is 3. The molecular formula is C32H19N3. The van der Waals surface area contributed by atoms with Gasteiger partial charge in [-0.15, -0.1) is 0 Å². The average Bonchev–Trinajstić information content (AvgIpc) is 3.52. The smallest absolute Gasteiger partial charge is 0.0992 e. The van der Waals surface area contributed by atoms with E-state index in [4.69, 9.17) is 0 Å². The molecule has 0 fully saturated rings. The van der Waals surface area contributed by atoms with Gasteiger partial charge in [-0.25, -0.2) is 0 Å². The molecule has 0 aliphatic rings. The van der Waals surface area contributed by atoms with Gasteiger partial charge in [-0.2, -0.15) is 5.26 Å². The van der Waals surface area contributed by atoms with Crippen LogP contribution in [0, 0.1) is 18.3 Å². The summed E-state index contributed by atoms with van der Waals surface area (Å²) in [6.07, 6.45) is 0. The van der Waals surface area contributed by atoms with Crippen LogP contribution in [0.5, 0.6) is 0 Å². The van der Waals surface area contributed by atoms with Crippen molar-refractivity contribution in [2.45, 2.75) is 6.92 Å². The van der Waals surface area contributed by atoms with Crippen LogP contribution in [0.4, 0.5) is 0 Å². The Bertz CT molecular complexity index is 2130. The molecule has 0 saturated carbocycles. The molecule has 0 spiro atoms. The summed E-state index contributed by atoms with van der Waals surface area (Å²) in [6, 6.07) is 37.0. The summed E-state index contributed by atoms with van der Waals surface area (Å²) >= 11 is 0. The van der Waals surface area contributed by atoms with E-state index in [2.05, 4.69) is 107 Å². The van der Waals surface area contributed by atoms with Crippen molar-refractivity contribution in [2.75, 3.05) is 0 Å². The van der Waals surface area contributed by atoms with E-state index < -0.39 is 0 Å². The molecule has 0 atom stereocenters. The van der Waals surface area contributed by atoms with Crippen molar-refractivity contribution in [3.8, 4) is 11.8 Å². The molecule has 0 amide bonds. The van der Waals surface area contributed by atoms with Gasteiger partial charge in [0.05, 0.1) is 39.2 Å². The second-order valence-corrected chi connectivity index (χ2v) is 9.46. The highest BCUT2D eigenvalue weighted by Crippen LogP contribution is 2.41. The first-order valence-corrected chi connectivity index (χ1v) is 11.9. The summed E-state index contributed by atoms with van der Waals surface area (Å²) in [4.78, 5) is 0. The molecule has 0 N–H and O–H groups in total. The minimum absolute atomic E-state index is 0.697. The van der Waals surface area contributed by atoms with Gasteiger partial charge in [0.25, 0.3) is 0 Å². The Morgan fingerprint density at radius 1 is 0.571 bits per heavy atom. The fraction of sp³-hybridized carbons (Fsp3) is 0.0312. The number of para-hydroxylation sites is 2. The Labute approximate surface area is 201 Å². The highest BCUT2D eigenvalue weighted by Gasteiger charge is 2.20. The van der Waals surface area contributed by atoms with E-state index in [0.29, 0.717) is 5.56 Å². The van der Waals surface area contributed by atoms with Gasteiger partial charge in [0.15, 0.2) is 0 Å². The molecule has 35 heavy (non-hydrogen) atoms. The number of aromatic nitrogens is 2. The molecule has 0 radical (unpaired) electrons. The van der Waals surface area contributed by atoms with Crippen LogP contribution in [0.2, 0.25) is 0 Å². The zero-order chi connectivity index (χ0) is 23.3. The third kappa shape index (κ3) is 2.28. The lowest BCUT2D eigenvalue weighted by Gasteiger charge is -2.09. The Morgan fingerprint density at radius 3 is 1.83 bits per heavy atom. The van der Waals surface area contributed by atoms with E-state index in [0.717, 1.165) is 16.5 Å². The lowest BCUT2D eigenvalue weighted by molar-refractivity contribution is 1.18.